The number of nitrogens with one attached hydrogen (secondary N) is 1. The van der Waals surface area contributed by atoms with E-state index < -0.39 is 0 Å². The summed E-state index contributed by atoms with van der Waals surface area (Å²) in [4.78, 5) is 13.5. The van der Waals surface area contributed by atoms with E-state index >= 15 is 0 Å². The third kappa shape index (κ3) is 1.69. The van der Waals surface area contributed by atoms with Crippen molar-refractivity contribution in [2.24, 2.45) is 0 Å². The first-order valence-electron chi connectivity index (χ1n) is 5.50. The maximum atomic E-state index is 11.7. The zero-order valence-electron chi connectivity index (χ0n) is 9.11. The minimum atomic E-state index is -0.0162. The molecule has 0 saturated carbocycles. The van der Waals surface area contributed by atoms with Gasteiger partial charge in [0.25, 0.3) is 0 Å². The molecule has 1 heterocycles. The van der Waals surface area contributed by atoms with Crippen LogP contribution in [0.5, 0.6) is 0 Å². The summed E-state index contributed by atoms with van der Waals surface area (Å²) >= 11 is 3.54. The Morgan fingerprint density at radius 3 is 2.59 bits per heavy atom. The van der Waals surface area contributed by atoms with Crippen molar-refractivity contribution >= 4 is 38.4 Å². The van der Waals surface area contributed by atoms with Crippen molar-refractivity contribution in [3.8, 4) is 0 Å². The first kappa shape index (κ1) is 10.6. The van der Waals surface area contributed by atoms with E-state index in [1.807, 2.05) is 30.3 Å². The summed E-state index contributed by atoms with van der Waals surface area (Å²) in [5, 5.41) is 5.05. The number of hydrogen-bond acceptors (Lipinski definition) is 1. The molecule has 86 valence electrons. The maximum absolute atomic E-state index is 11.7. The zero-order chi connectivity index (χ0) is 11.8. The van der Waals surface area contributed by atoms with E-state index in [1.54, 1.807) is 4.90 Å². The Morgan fingerprint density at radius 2 is 1.88 bits per heavy atom. The van der Waals surface area contributed by atoms with Gasteiger partial charge in [-0.15, -0.1) is 0 Å². The van der Waals surface area contributed by atoms with Gasteiger partial charge in [-0.2, -0.15) is 0 Å². The molecule has 0 aromatic heterocycles. The van der Waals surface area contributed by atoms with Crippen LogP contribution in [0.25, 0.3) is 10.8 Å². The Labute approximate surface area is 108 Å². The smallest absolute Gasteiger partial charge is 0.322 e. The highest BCUT2D eigenvalue weighted by Gasteiger charge is 2.22. The molecule has 17 heavy (non-hydrogen) atoms. The Kier molecular flexibility index (Phi) is 2.52. The molecular weight excluding hydrogens is 280 g/mol. The maximum Gasteiger partial charge on any atom is 0.322 e. The summed E-state index contributed by atoms with van der Waals surface area (Å²) in [6, 6.07) is 12.0. The van der Waals surface area contributed by atoms with Crippen LogP contribution in [-0.4, -0.2) is 19.1 Å². The van der Waals surface area contributed by atoms with Crippen LogP contribution >= 0.6 is 15.9 Å². The van der Waals surface area contributed by atoms with Crippen molar-refractivity contribution in [3.63, 3.8) is 0 Å². The zero-order valence-corrected chi connectivity index (χ0v) is 10.7. The third-order valence-corrected chi connectivity index (χ3v) is 3.69. The second-order valence-electron chi connectivity index (χ2n) is 4.00. The van der Waals surface area contributed by atoms with E-state index in [1.165, 1.54) is 0 Å². The lowest BCUT2D eigenvalue weighted by molar-refractivity contribution is 0.252. The minimum absolute atomic E-state index is 0.0162. The van der Waals surface area contributed by atoms with Gasteiger partial charge in [0.05, 0.1) is 5.69 Å². The van der Waals surface area contributed by atoms with Crippen LogP contribution in [0.4, 0.5) is 10.5 Å². The summed E-state index contributed by atoms with van der Waals surface area (Å²) < 4.78 is 1.05. The monoisotopic (exact) mass is 290 g/mol. The summed E-state index contributed by atoms with van der Waals surface area (Å²) in [6.07, 6.45) is 0. The van der Waals surface area contributed by atoms with Gasteiger partial charge in [0, 0.05) is 22.9 Å². The van der Waals surface area contributed by atoms with E-state index in [0.717, 1.165) is 27.5 Å². The van der Waals surface area contributed by atoms with Gasteiger partial charge in [-0.05, 0) is 17.5 Å². The van der Waals surface area contributed by atoms with Gasteiger partial charge in [-0.3, -0.25) is 4.90 Å². The lowest BCUT2D eigenvalue weighted by Gasteiger charge is -2.17. The van der Waals surface area contributed by atoms with Crippen molar-refractivity contribution in [2.75, 3.05) is 18.0 Å². The van der Waals surface area contributed by atoms with Gasteiger partial charge < -0.3 is 5.32 Å². The summed E-state index contributed by atoms with van der Waals surface area (Å²) in [5.74, 6) is 0. The largest absolute Gasteiger partial charge is 0.336 e. The molecule has 4 heteroatoms. The molecule has 1 aliphatic heterocycles. The van der Waals surface area contributed by atoms with Gasteiger partial charge in [0.2, 0.25) is 0 Å². The van der Waals surface area contributed by atoms with E-state index in [9.17, 15) is 4.79 Å². The standard InChI is InChI=1S/C13H11BrN2O/c14-11-5-6-12(16-8-7-15-13(16)17)10-4-2-1-3-9(10)11/h1-6H,7-8H2,(H,15,17). The Balaban J connectivity index is 2.23. The molecule has 2 aromatic rings. The first-order chi connectivity index (χ1) is 8.27. The van der Waals surface area contributed by atoms with Gasteiger partial charge in [0.1, 0.15) is 0 Å². The normalized spacial score (nSPS) is 15.4. The predicted octanol–water partition coefficient (Wildman–Crippen LogP) is 3.13. The number of hydrogen-bond donors (Lipinski definition) is 1. The van der Waals surface area contributed by atoms with Crippen molar-refractivity contribution in [2.45, 2.75) is 0 Å². The van der Waals surface area contributed by atoms with Crippen LogP contribution in [0.15, 0.2) is 40.9 Å². The minimum Gasteiger partial charge on any atom is -0.336 e. The number of nitrogens with zero attached hydrogens (tertiary/aromatic N) is 1. The highest BCUT2D eigenvalue weighted by atomic mass is 79.9. The summed E-state index contributed by atoms with van der Waals surface area (Å²) in [7, 11) is 0. The molecule has 0 aliphatic carbocycles. The predicted molar refractivity (Wildman–Crippen MR) is 72.4 cm³/mol. The van der Waals surface area contributed by atoms with Gasteiger partial charge in [0.15, 0.2) is 0 Å². The number of rotatable bonds is 1. The van der Waals surface area contributed by atoms with Gasteiger partial charge in [-0.1, -0.05) is 40.2 Å². The second kappa shape index (κ2) is 4.04. The molecule has 3 rings (SSSR count). The average Bonchev–Trinajstić information content (AvgIpc) is 2.77. The van der Waals surface area contributed by atoms with Crippen LogP contribution in [-0.2, 0) is 0 Å². The number of amides is 2. The van der Waals surface area contributed by atoms with Crippen molar-refractivity contribution in [1.82, 2.24) is 5.32 Å². The fourth-order valence-corrected chi connectivity index (χ4v) is 2.66. The molecule has 1 fully saturated rings. The highest BCUT2D eigenvalue weighted by molar-refractivity contribution is 9.10. The first-order valence-corrected chi connectivity index (χ1v) is 6.29. The van der Waals surface area contributed by atoms with E-state index in [-0.39, 0.29) is 6.03 Å². The quantitative estimate of drug-likeness (QED) is 0.860. The Morgan fingerprint density at radius 1 is 1.12 bits per heavy atom. The van der Waals surface area contributed by atoms with Crippen LogP contribution in [0, 0.1) is 0 Å². The molecule has 1 aliphatic rings. The second-order valence-corrected chi connectivity index (χ2v) is 4.85. The van der Waals surface area contributed by atoms with E-state index in [0.29, 0.717) is 6.54 Å². The number of urea groups is 1. The number of fused-ring (bicyclic) bond motifs is 1. The van der Waals surface area contributed by atoms with Crippen LogP contribution in [0.1, 0.15) is 0 Å². The number of carbonyl (C=O) groups excluding carboxylic acids is 1. The molecule has 2 amide bonds. The summed E-state index contributed by atoms with van der Waals surface area (Å²) in [6.45, 7) is 1.44. The average molecular weight is 291 g/mol. The highest BCUT2D eigenvalue weighted by Crippen LogP contribution is 2.32. The van der Waals surface area contributed by atoms with Crippen LogP contribution in [0.3, 0.4) is 0 Å². The Hall–Kier alpha value is -1.55. The van der Waals surface area contributed by atoms with Crippen LogP contribution < -0.4 is 10.2 Å². The van der Waals surface area contributed by atoms with Gasteiger partial charge >= 0.3 is 6.03 Å². The van der Waals surface area contributed by atoms with Gasteiger partial charge in [-0.25, -0.2) is 4.79 Å². The fourth-order valence-electron chi connectivity index (χ4n) is 2.18. The number of carbonyl (C=O) groups is 1. The molecule has 0 radical (unpaired) electrons. The fraction of sp³-hybridized carbons (Fsp3) is 0.154. The Bertz CT molecular complexity index is 597. The SMILES string of the molecule is O=C1NCCN1c1ccc(Br)c2ccccc12. The van der Waals surface area contributed by atoms with Crippen molar-refractivity contribution in [1.29, 1.82) is 0 Å². The number of halogens is 1. The van der Waals surface area contributed by atoms with E-state index in [4.69, 9.17) is 0 Å². The van der Waals surface area contributed by atoms with Crippen molar-refractivity contribution < 1.29 is 4.79 Å². The lowest BCUT2D eigenvalue weighted by Crippen LogP contribution is -2.27. The number of anilines is 1. The molecule has 2 aromatic carbocycles. The van der Waals surface area contributed by atoms with Crippen LogP contribution in [0.2, 0.25) is 0 Å². The molecule has 1 saturated heterocycles. The molecular formula is C13H11BrN2O. The van der Waals surface area contributed by atoms with E-state index in [2.05, 4.69) is 27.3 Å². The molecule has 0 spiro atoms. The molecule has 3 nitrogen and oxygen atoms in total. The molecule has 0 atom stereocenters. The van der Waals surface area contributed by atoms with Crippen molar-refractivity contribution in [3.05, 3.63) is 40.9 Å². The number of benzene rings is 2. The third-order valence-electron chi connectivity index (χ3n) is 3.00. The molecule has 1 N–H and O–H groups in total. The molecule has 0 unspecified atom stereocenters. The molecule has 0 bridgehead atoms. The topological polar surface area (TPSA) is 32.3 Å². The lowest BCUT2D eigenvalue weighted by atomic mass is 10.1. The summed E-state index contributed by atoms with van der Waals surface area (Å²) in [5.41, 5.74) is 0.971.